The van der Waals surface area contributed by atoms with E-state index in [1.165, 1.54) is 16.8 Å². The van der Waals surface area contributed by atoms with E-state index in [0.717, 1.165) is 0 Å². The number of pyridine rings is 1. The van der Waals surface area contributed by atoms with Crippen LogP contribution in [0.5, 0.6) is 0 Å². The SMILES string of the molecule is CN(C)C1C=CC=CC(c2ccc3n(cc[n+]3C)c2)=C1. The van der Waals surface area contributed by atoms with Crippen LogP contribution < -0.4 is 4.57 Å². The third-order valence-corrected chi connectivity index (χ3v) is 3.74. The minimum Gasteiger partial charge on any atom is -0.300 e. The zero-order chi connectivity index (χ0) is 14.1. The van der Waals surface area contributed by atoms with Crippen LogP contribution in [0, 0.1) is 0 Å². The van der Waals surface area contributed by atoms with Crippen LogP contribution in [0.2, 0.25) is 0 Å². The smallest absolute Gasteiger partial charge is 0.285 e. The van der Waals surface area contributed by atoms with E-state index >= 15 is 0 Å². The lowest BCUT2D eigenvalue weighted by Crippen LogP contribution is -2.25. The van der Waals surface area contributed by atoms with Crippen molar-refractivity contribution >= 4 is 11.2 Å². The van der Waals surface area contributed by atoms with E-state index in [2.05, 4.69) is 96.1 Å². The lowest BCUT2D eigenvalue weighted by molar-refractivity contribution is -0.644. The molecule has 0 N–H and O–H groups in total. The lowest BCUT2D eigenvalue weighted by atomic mass is 10.1. The summed E-state index contributed by atoms with van der Waals surface area (Å²) >= 11 is 0. The molecule has 0 amide bonds. The van der Waals surface area contributed by atoms with Gasteiger partial charge in [-0.2, -0.15) is 0 Å². The number of aromatic nitrogens is 2. The number of imidazole rings is 1. The molecule has 0 radical (unpaired) electrons. The van der Waals surface area contributed by atoms with Crippen molar-refractivity contribution in [3.8, 4) is 0 Å². The normalized spacial score (nSPS) is 18.6. The molecule has 1 unspecified atom stereocenters. The van der Waals surface area contributed by atoms with E-state index in [-0.39, 0.29) is 0 Å². The summed E-state index contributed by atoms with van der Waals surface area (Å²) in [5.41, 5.74) is 3.68. The van der Waals surface area contributed by atoms with Gasteiger partial charge in [-0.15, -0.1) is 0 Å². The Labute approximate surface area is 119 Å². The molecule has 1 aliphatic rings. The fourth-order valence-corrected chi connectivity index (χ4v) is 2.49. The average Bonchev–Trinajstić information content (AvgIpc) is 2.66. The maximum absolute atomic E-state index is 2.30. The molecule has 20 heavy (non-hydrogen) atoms. The Morgan fingerprint density at radius 3 is 2.85 bits per heavy atom. The predicted octanol–water partition coefficient (Wildman–Crippen LogP) is 2.20. The second kappa shape index (κ2) is 5.10. The summed E-state index contributed by atoms with van der Waals surface area (Å²) in [4.78, 5) is 2.21. The fourth-order valence-electron chi connectivity index (χ4n) is 2.49. The van der Waals surface area contributed by atoms with Gasteiger partial charge in [0.25, 0.3) is 5.65 Å². The Morgan fingerprint density at radius 1 is 1.20 bits per heavy atom. The Hall–Kier alpha value is -2.13. The highest BCUT2D eigenvalue weighted by atomic mass is 15.1. The molecule has 0 bridgehead atoms. The molecule has 1 atom stereocenters. The van der Waals surface area contributed by atoms with E-state index in [0.29, 0.717) is 6.04 Å². The molecule has 2 aromatic rings. The van der Waals surface area contributed by atoms with Crippen molar-refractivity contribution in [2.45, 2.75) is 6.04 Å². The summed E-state index contributed by atoms with van der Waals surface area (Å²) in [5.74, 6) is 0. The van der Waals surface area contributed by atoms with Gasteiger partial charge in [-0.3, -0.25) is 4.90 Å². The average molecular weight is 266 g/mol. The molecule has 0 spiro atoms. The maximum Gasteiger partial charge on any atom is 0.285 e. The molecule has 3 rings (SSSR count). The van der Waals surface area contributed by atoms with Crippen LogP contribution >= 0.6 is 0 Å². The summed E-state index contributed by atoms with van der Waals surface area (Å²) in [6.45, 7) is 0. The Balaban J connectivity index is 2.05. The summed E-state index contributed by atoms with van der Waals surface area (Å²) in [7, 11) is 6.26. The minimum atomic E-state index is 0.330. The van der Waals surface area contributed by atoms with Crippen molar-refractivity contribution in [2.24, 2.45) is 7.05 Å². The largest absolute Gasteiger partial charge is 0.300 e. The van der Waals surface area contributed by atoms with E-state index in [1.54, 1.807) is 0 Å². The highest BCUT2D eigenvalue weighted by Crippen LogP contribution is 2.20. The van der Waals surface area contributed by atoms with Gasteiger partial charge < -0.3 is 0 Å². The lowest BCUT2D eigenvalue weighted by Gasteiger charge is -2.17. The minimum absolute atomic E-state index is 0.330. The Bertz CT molecular complexity index is 717. The Kier molecular flexibility index (Phi) is 3.28. The fraction of sp³-hybridized carbons (Fsp3) is 0.235. The molecule has 0 aromatic carbocycles. The topological polar surface area (TPSA) is 11.5 Å². The van der Waals surface area contributed by atoms with Gasteiger partial charge >= 0.3 is 0 Å². The molecule has 0 saturated heterocycles. The summed E-state index contributed by atoms with van der Waals surface area (Å²) in [6, 6.07) is 4.67. The molecule has 3 nitrogen and oxygen atoms in total. The molecule has 1 aliphatic carbocycles. The molecule has 2 heterocycles. The van der Waals surface area contributed by atoms with Gasteiger partial charge in [-0.1, -0.05) is 30.4 Å². The van der Waals surface area contributed by atoms with Crippen LogP contribution in [-0.4, -0.2) is 29.4 Å². The van der Waals surface area contributed by atoms with E-state index < -0.39 is 0 Å². The van der Waals surface area contributed by atoms with Crippen LogP contribution in [0.25, 0.3) is 11.2 Å². The third kappa shape index (κ3) is 2.32. The first-order chi connectivity index (χ1) is 9.65. The molecule has 3 heteroatoms. The number of likely N-dealkylation sites (N-methyl/N-ethyl adjacent to an activating group) is 1. The second-order valence-electron chi connectivity index (χ2n) is 5.41. The van der Waals surface area contributed by atoms with Crippen LogP contribution in [0.4, 0.5) is 0 Å². The molecular weight excluding hydrogens is 246 g/mol. The quantitative estimate of drug-likeness (QED) is 0.759. The summed E-state index contributed by atoms with van der Waals surface area (Å²) in [6.07, 6.45) is 17.2. The van der Waals surface area contributed by atoms with Crippen molar-refractivity contribution in [1.82, 2.24) is 9.30 Å². The first-order valence-electron chi connectivity index (χ1n) is 6.85. The molecule has 0 saturated carbocycles. The van der Waals surface area contributed by atoms with Crippen molar-refractivity contribution in [3.63, 3.8) is 0 Å². The first-order valence-corrected chi connectivity index (χ1v) is 6.85. The van der Waals surface area contributed by atoms with E-state index in [1.807, 2.05) is 0 Å². The van der Waals surface area contributed by atoms with Crippen LogP contribution in [0.3, 0.4) is 0 Å². The van der Waals surface area contributed by atoms with Crippen LogP contribution in [-0.2, 0) is 7.05 Å². The van der Waals surface area contributed by atoms with Crippen molar-refractivity contribution in [3.05, 3.63) is 66.7 Å². The van der Waals surface area contributed by atoms with Gasteiger partial charge in [0.15, 0.2) is 0 Å². The van der Waals surface area contributed by atoms with Crippen molar-refractivity contribution in [2.75, 3.05) is 14.1 Å². The standard InChI is InChI=1S/C17H20N3/c1-18(2)16-7-5-4-6-14(12-16)15-8-9-17-19(3)10-11-20(17)13-15/h4-13,16H,1-3H3/q+1. The molecule has 0 fully saturated rings. The zero-order valence-corrected chi connectivity index (χ0v) is 12.2. The summed E-state index contributed by atoms with van der Waals surface area (Å²) < 4.78 is 4.28. The Morgan fingerprint density at radius 2 is 2.05 bits per heavy atom. The van der Waals surface area contributed by atoms with Crippen molar-refractivity contribution in [1.29, 1.82) is 0 Å². The predicted molar refractivity (Wildman–Crippen MR) is 82.3 cm³/mol. The maximum atomic E-state index is 2.30. The first kappa shape index (κ1) is 12.9. The number of rotatable bonds is 2. The third-order valence-electron chi connectivity index (χ3n) is 3.74. The zero-order valence-electron chi connectivity index (χ0n) is 12.2. The van der Waals surface area contributed by atoms with Gasteiger partial charge in [0.05, 0.1) is 7.05 Å². The van der Waals surface area contributed by atoms with Gasteiger partial charge in [0, 0.05) is 17.7 Å². The highest BCUT2D eigenvalue weighted by molar-refractivity contribution is 5.75. The number of hydrogen-bond acceptors (Lipinski definition) is 1. The number of allylic oxidation sites excluding steroid dienone is 4. The number of hydrogen-bond donors (Lipinski definition) is 0. The van der Waals surface area contributed by atoms with Gasteiger partial charge in [-0.05, 0) is 25.7 Å². The number of fused-ring (bicyclic) bond motifs is 1. The molecule has 2 aromatic heterocycles. The van der Waals surface area contributed by atoms with E-state index in [9.17, 15) is 0 Å². The van der Waals surface area contributed by atoms with Crippen molar-refractivity contribution < 1.29 is 4.57 Å². The molecule has 0 aliphatic heterocycles. The number of aryl methyl sites for hydroxylation is 1. The van der Waals surface area contributed by atoms with Gasteiger partial charge in [0.1, 0.15) is 18.6 Å². The van der Waals surface area contributed by atoms with Gasteiger partial charge in [-0.25, -0.2) is 8.97 Å². The summed E-state index contributed by atoms with van der Waals surface area (Å²) in [5, 5.41) is 0. The second-order valence-corrected chi connectivity index (χ2v) is 5.41. The van der Waals surface area contributed by atoms with Crippen LogP contribution in [0.15, 0.2) is 61.1 Å². The highest BCUT2D eigenvalue weighted by Gasteiger charge is 2.11. The molecule has 102 valence electrons. The van der Waals surface area contributed by atoms with Gasteiger partial charge in [0.2, 0.25) is 0 Å². The molecular formula is C17H20N3+. The van der Waals surface area contributed by atoms with E-state index in [4.69, 9.17) is 0 Å². The monoisotopic (exact) mass is 266 g/mol. The van der Waals surface area contributed by atoms with Crippen LogP contribution in [0.1, 0.15) is 5.56 Å². The number of nitrogens with zero attached hydrogens (tertiary/aromatic N) is 3.